The van der Waals surface area contributed by atoms with E-state index in [9.17, 15) is 9.59 Å². The van der Waals surface area contributed by atoms with Crippen LogP contribution in [0.25, 0.3) is 16.6 Å². The number of para-hydroxylation sites is 2. The van der Waals surface area contributed by atoms with Crippen LogP contribution in [0.4, 0.5) is 0 Å². The van der Waals surface area contributed by atoms with Crippen LogP contribution in [0.1, 0.15) is 57.0 Å². The minimum Gasteiger partial charge on any atom is -0.383 e. The highest BCUT2D eigenvalue weighted by molar-refractivity contribution is 5.79. The number of aryl methyl sites for hydroxylation is 1. The molecule has 0 aliphatic heterocycles. The number of benzene rings is 2. The summed E-state index contributed by atoms with van der Waals surface area (Å²) in [5.41, 5.74) is 2.26. The Balaban J connectivity index is 2.16. The Kier molecular flexibility index (Phi) is 8.17. The molecule has 32 heavy (non-hydrogen) atoms. The van der Waals surface area contributed by atoms with Crippen molar-refractivity contribution < 1.29 is 9.53 Å². The molecule has 2 aromatic carbocycles. The molecule has 6 heteroatoms. The number of methoxy groups -OCH3 is 1. The maximum absolute atomic E-state index is 13.6. The predicted molar refractivity (Wildman–Crippen MR) is 128 cm³/mol. The summed E-state index contributed by atoms with van der Waals surface area (Å²) in [6, 6.07) is 14.7. The Hall–Kier alpha value is -2.99. The first-order chi connectivity index (χ1) is 15.5. The molecule has 6 nitrogen and oxygen atoms in total. The fraction of sp³-hybridized carbons (Fsp3) is 0.423. The zero-order chi connectivity index (χ0) is 23.1. The van der Waals surface area contributed by atoms with Gasteiger partial charge in [-0.15, -0.1) is 0 Å². The quantitative estimate of drug-likeness (QED) is 0.429. The van der Waals surface area contributed by atoms with E-state index in [1.807, 2.05) is 56.3 Å². The van der Waals surface area contributed by atoms with Crippen molar-refractivity contribution in [2.24, 2.45) is 0 Å². The molecule has 3 rings (SSSR count). The third kappa shape index (κ3) is 5.07. The van der Waals surface area contributed by atoms with Gasteiger partial charge in [-0.3, -0.25) is 14.2 Å². The van der Waals surface area contributed by atoms with Crippen LogP contribution in [0.5, 0.6) is 0 Å². The number of amides is 1. The summed E-state index contributed by atoms with van der Waals surface area (Å²) in [6.45, 7) is 6.91. The summed E-state index contributed by atoms with van der Waals surface area (Å²) in [5.74, 6) is 0.615. The average molecular weight is 436 g/mol. The smallest absolute Gasteiger partial charge is 0.266 e. The number of nitrogens with zero attached hydrogens (tertiary/aromatic N) is 3. The lowest BCUT2D eigenvalue weighted by atomic mass is 10.1. The zero-order valence-corrected chi connectivity index (χ0v) is 19.5. The van der Waals surface area contributed by atoms with Gasteiger partial charge in [0.25, 0.3) is 5.56 Å². The summed E-state index contributed by atoms with van der Waals surface area (Å²) in [5, 5.41) is 0.560. The molecule has 0 bridgehead atoms. The minimum atomic E-state index is -0.392. The second-order valence-corrected chi connectivity index (χ2v) is 8.13. The molecule has 0 aliphatic carbocycles. The van der Waals surface area contributed by atoms with E-state index in [1.165, 1.54) is 0 Å². The van der Waals surface area contributed by atoms with Gasteiger partial charge in [0, 0.05) is 20.1 Å². The second-order valence-electron chi connectivity index (χ2n) is 8.13. The fourth-order valence-electron chi connectivity index (χ4n) is 4.01. The first-order valence-corrected chi connectivity index (χ1v) is 11.4. The Bertz CT molecular complexity index is 1120. The molecule has 0 aliphatic rings. The first kappa shape index (κ1) is 23.7. The van der Waals surface area contributed by atoms with Crippen molar-refractivity contribution in [3.8, 4) is 5.69 Å². The van der Waals surface area contributed by atoms with Crippen molar-refractivity contribution in [2.45, 2.75) is 52.5 Å². The van der Waals surface area contributed by atoms with Gasteiger partial charge in [0.05, 0.1) is 29.2 Å². The Labute approximate surface area is 189 Å². The highest BCUT2D eigenvalue weighted by Gasteiger charge is 2.26. The molecule has 1 amide bonds. The van der Waals surface area contributed by atoms with Crippen molar-refractivity contribution in [1.29, 1.82) is 0 Å². The summed E-state index contributed by atoms with van der Waals surface area (Å²) >= 11 is 0. The highest BCUT2D eigenvalue weighted by atomic mass is 16.5. The third-order valence-corrected chi connectivity index (χ3v) is 5.85. The van der Waals surface area contributed by atoms with Crippen LogP contribution in [0.15, 0.2) is 53.3 Å². The number of hydrogen-bond donors (Lipinski definition) is 0. The van der Waals surface area contributed by atoms with E-state index in [-0.39, 0.29) is 11.5 Å². The molecule has 0 saturated heterocycles. The van der Waals surface area contributed by atoms with Crippen molar-refractivity contribution in [3.63, 3.8) is 0 Å². The number of fused-ring (bicyclic) bond motifs is 1. The maximum Gasteiger partial charge on any atom is 0.266 e. The summed E-state index contributed by atoms with van der Waals surface area (Å²) in [4.78, 5) is 33.5. The molecular weight excluding hydrogens is 402 g/mol. The van der Waals surface area contributed by atoms with Gasteiger partial charge in [-0.25, -0.2) is 4.98 Å². The number of unbranched alkanes of at least 4 members (excludes halogenated alkanes) is 2. The average Bonchev–Trinajstić information content (AvgIpc) is 2.80. The summed E-state index contributed by atoms with van der Waals surface area (Å²) in [6.07, 6.45) is 3.39. The monoisotopic (exact) mass is 435 g/mol. The lowest BCUT2D eigenvalue weighted by molar-refractivity contribution is -0.134. The molecule has 3 aromatic rings. The van der Waals surface area contributed by atoms with E-state index in [0.29, 0.717) is 36.3 Å². The fourth-order valence-corrected chi connectivity index (χ4v) is 4.01. The van der Waals surface area contributed by atoms with Crippen LogP contribution in [0.2, 0.25) is 0 Å². The van der Waals surface area contributed by atoms with Crippen LogP contribution in [-0.2, 0) is 9.53 Å². The topological polar surface area (TPSA) is 64.4 Å². The lowest BCUT2D eigenvalue weighted by Gasteiger charge is -2.31. The molecular formula is C26H33N3O3. The molecule has 170 valence electrons. The third-order valence-electron chi connectivity index (χ3n) is 5.85. The minimum absolute atomic E-state index is 0.0572. The Morgan fingerprint density at radius 3 is 2.56 bits per heavy atom. The van der Waals surface area contributed by atoms with Crippen molar-refractivity contribution in [1.82, 2.24) is 14.5 Å². The SMILES string of the molecule is CCCCCC(=O)N(CCOC)C(C)c1nc2ccccc2c(=O)n1-c1ccccc1C. The van der Waals surface area contributed by atoms with Crippen molar-refractivity contribution in [3.05, 3.63) is 70.3 Å². The number of aromatic nitrogens is 2. The van der Waals surface area contributed by atoms with E-state index in [0.717, 1.165) is 30.5 Å². The van der Waals surface area contributed by atoms with E-state index in [4.69, 9.17) is 9.72 Å². The Morgan fingerprint density at radius 2 is 1.84 bits per heavy atom. The van der Waals surface area contributed by atoms with E-state index >= 15 is 0 Å². The number of carbonyl (C=O) groups is 1. The van der Waals surface area contributed by atoms with Gasteiger partial charge in [-0.2, -0.15) is 0 Å². The summed E-state index contributed by atoms with van der Waals surface area (Å²) < 4.78 is 6.95. The number of ether oxygens (including phenoxy) is 1. The number of rotatable bonds is 10. The molecule has 1 aromatic heterocycles. The van der Waals surface area contributed by atoms with Crippen molar-refractivity contribution >= 4 is 16.8 Å². The molecule has 1 heterocycles. The predicted octanol–water partition coefficient (Wildman–Crippen LogP) is 4.81. The van der Waals surface area contributed by atoms with Crippen molar-refractivity contribution in [2.75, 3.05) is 20.3 Å². The number of hydrogen-bond acceptors (Lipinski definition) is 4. The maximum atomic E-state index is 13.6. The van der Waals surface area contributed by atoms with Crippen LogP contribution >= 0.6 is 0 Å². The number of carbonyl (C=O) groups excluding carboxylic acids is 1. The van der Waals surface area contributed by atoms with E-state index < -0.39 is 6.04 Å². The summed E-state index contributed by atoms with van der Waals surface area (Å²) in [7, 11) is 1.63. The van der Waals surface area contributed by atoms with Crippen LogP contribution < -0.4 is 5.56 Å². The van der Waals surface area contributed by atoms with Gasteiger partial charge >= 0.3 is 0 Å². The largest absolute Gasteiger partial charge is 0.383 e. The molecule has 0 fully saturated rings. The highest BCUT2D eigenvalue weighted by Crippen LogP contribution is 2.25. The molecule has 0 saturated carbocycles. The molecule has 1 atom stereocenters. The molecule has 1 unspecified atom stereocenters. The van der Waals surface area contributed by atoms with Gasteiger partial charge in [0.1, 0.15) is 5.82 Å². The van der Waals surface area contributed by atoms with Gasteiger partial charge < -0.3 is 9.64 Å². The van der Waals surface area contributed by atoms with Crippen LogP contribution in [-0.4, -0.2) is 40.6 Å². The Morgan fingerprint density at radius 1 is 1.12 bits per heavy atom. The lowest BCUT2D eigenvalue weighted by Crippen LogP contribution is -2.39. The van der Waals surface area contributed by atoms with Crippen LogP contribution in [0.3, 0.4) is 0 Å². The second kappa shape index (κ2) is 11.0. The zero-order valence-electron chi connectivity index (χ0n) is 19.5. The molecule has 0 spiro atoms. The molecule has 0 radical (unpaired) electrons. The van der Waals surface area contributed by atoms with Gasteiger partial charge in [-0.1, -0.05) is 50.1 Å². The van der Waals surface area contributed by atoms with Gasteiger partial charge in [0.2, 0.25) is 5.91 Å². The first-order valence-electron chi connectivity index (χ1n) is 11.4. The van der Waals surface area contributed by atoms with E-state index in [2.05, 4.69) is 6.92 Å². The van der Waals surface area contributed by atoms with Gasteiger partial charge in [0.15, 0.2) is 0 Å². The van der Waals surface area contributed by atoms with E-state index in [1.54, 1.807) is 22.6 Å². The van der Waals surface area contributed by atoms with Crippen LogP contribution in [0, 0.1) is 6.92 Å². The molecule has 0 N–H and O–H groups in total. The standard InChI is InChI=1S/C26H33N3O3/c1-5-6-7-16-24(30)28(17-18-32-4)20(3)25-27-22-14-10-9-13-21(22)26(31)29(25)23-15-11-8-12-19(23)2/h8-15,20H,5-7,16-18H2,1-4H3. The van der Waals surface area contributed by atoms with Gasteiger partial charge in [-0.05, 0) is 44.0 Å². The normalized spacial score (nSPS) is 12.1.